The van der Waals surface area contributed by atoms with Crippen molar-refractivity contribution in [3.63, 3.8) is 0 Å². The number of aromatic nitrogens is 2. The zero-order chi connectivity index (χ0) is 13.3. The normalized spacial score (nSPS) is 10.4. The summed E-state index contributed by atoms with van der Waals surface area (Å²) in [5.41, 5.74) is 7.02. The maximum absolute atomic E-state index is 5.91. The number of halogens is 2. The standard InChI is InChI=1S/C12H11Cl2N3O/c1-6-3-12(17-7(2)16-6)18-11-5-9(14)8(13)4-10(11)15/h3-5H,15H2,1-2H3. The Morgan fingerprint density at radius 3 is 2.39 bits per heavy atom. The molecule has 1 aromatic carbocycles. The van der Waals surface area contributed by atoms with Crippen LogP contribution in [0.25, 0.3) is 0 Å². The fourth-order valence-corrected chi connectivity index (χ4v) is 1.81. The van der Waals surface area contributed by atoms with Gasteiger partial charge in [-0.25, -0.2) is 4.98 Å². The largest absolute Gasteiger partial charge is 0.437 e. The van der Waals surface area contributed by atoms with Crippen molar-refractivity contribution in [2.24, 2.45) is 0 Å². The summed E-state index contributed by atoms with van der Waals surface area (Å²) in [6.07, 6.45) is 0. The van der Waals surface area contributed by atoms with Crippen molar-refractivity contribution in [1.82, 2.24) is 9.97 Å². The summed E-state index contributed by atoms with van der Waals surface area (Å²) in [6.45, 7) is 3.65. The molecular formula is C12H11Cl2N3O. The molecule has 0 amide bonds. The van der Waals surface area contributed by atoms with E-state index in [1.54, 1.807) is 25.1 Å². The molecule has 94 valence electrons. The van der Waals surface area contributed by atoms with E-state index in [4.69, 9.17) is 33.7 Å². The number of nitrogens with two attached hydrogens (primary N) is 1. The molecule has 6 heteroatoms. The number of ether oxygens (including phenoxy) is 1. The van der Waals surface area contributed by atoms with Crippen LogP contribution in [-0.4, -0.2) is 9.97 Å². The Labute approximate surface area is 115 Å². The number of nitrogen functional groups attached to an aromatic ring is 1. The molecule has 0 bridgehead atoms. The van der Waals surface area contributed by atoms with Crippen LogP contribution in [0, 0.1) is 13.8 Å². The van der Waals surface area contributed by atoms with Gasteiger partial charge in [-0.05, 0) is 19.9 Å². The van der Waals surface area contributed by atoms with Crippen LogP contribution in [0.5, 0.6) is 11.6 Å². The Hall–Kier alpha value is -1.52. The van der Waals surface area contributed by atoms with E-state index in [0.29, 0.717) is 33.2 Å². The third-order valence-electron chi connectivity index (χ3n) is 2.21. The Morgan fingerprint density at radius 2 is 1.72 bits per heavy atom. The maximum atomic E-state index is 5.91. The molecule has 1 heterocycles. The topological polar surface area (TPSA) is 61.0 Å². The number of hydrogen-bond donors (Lipinski definition) is 1. The van der Waals surface area contributed by atoms with Crippen molar-refractivity contribution in [2.45, 2.75) is 13.8 Å². The first-order valence-corrected chi connectivity index (χ1v) is 5.96. The summed E-state index contributed by atoms with van der Waals surface area (Å²) >= 11 is 11.8. The lowest BCUT2D eigenvalue weighted by atomic mass is 10.3. The van der Waals surface area contributed by atoms with Gasteiger partial charge in [-0.15, -0.1) is 0 Å². The number of aryl methyl sites for hydroxylation is 2. The van der Waals surface area contributed by atoms with Gasteiger partial charge in [0.05, 0.1) is 15.7 Å². The highest BCUT2D eigenvalue weighted by atomic mass is 35.5. The summed E-state index contributed by atoms with van der Waals surface area (Å²) < 4.78 is 5.59. The van der Waals surface area contributed by atoms with E-state index in [-0.39, 0.29) is 0 Å². The lowest BCUT2D eigenvalue weighted by Crippen LogP contribution is -1.97. The lowest BCUT2D eigenvalue weighted by Gasteiger charge is -2.09. The summed E-state index contributed by atoms with van der Waals surface area (Å²) in [4.78, 5) is 8.32. The van der Waals surface area contributed by atoms with Gasteiger partial charge in [0.25, 0.3) is 0 Å². The molecule has 0 aliphatic rings. The van der Waals surface area contributed by atoms with Gasteiger partial charge in [-0.3, -0.25) is 0 Å². The Bertz CT molecular complexity index is 582. The van der Waals surface area contributed by atoms with Gasteiger partial charge in [-0.2, -0.15) is 4.98 Å². The molecule has 2 aromatic rings. The first-order valence-electron chi connectivity index (χ1n) is 5.20. The highest BCUT2D eigenvalue weighted by Crippen LogP contribution is 2.34. The number of anilines is 1. The Morgan fingerprint density at radius 1 is 1.06 bits per heavy atom. The predicted octanol–water partition coefficient (Wildman–Crippen LogP) is 3.77. The SMILES string of the molecule is Cc1cc(Oc2cc(Cl)c(Cl)cc2N)nc(C)n1. The van der Waals surface area contributed by atoms with Crippen LogP contribution in [0.1, 0.15) is 11.5 Å². The number of nitrogens with zero attached hydrogens (tertiary/aromatic N) is 2. The average Bonchev–Trinajstić information content (AvgIpc) is 2.24. The van der Waals surface area contributed by atoms with Gasteiger partial charge in [0.2, 0.25) is 5.88 Å². The van der Waals surface area contributed by atoms with Crippen LogP contribution >= 0.6 is 23.2 Å². The second-order valence-electron chi connectivity index (χ2n) is 3.80. The molecule has 4 nitrogen and oxygen atoms in total. The molecule has 0 spiro atoms. The van der Waals surface area contributed by atoms with Crippen molar-refractivity contribution >= 4 is 28.9 Å². The third kappa shape index (κ3) is 2.83. The van der Waals surface area contributed by atoms with E-state index in [0.717, 1.165) is 5.69 Å². The summed E-state index contributed by atoms with van der Waals surface area (Å²) in [5, 5.41) is 0.764. The molecule has 0 atom stereocenters. The Kier molecular flexibility index (Phi) is 3.59. The molecule has 0 saturated carbocycles. The first-order chi connectivity index (χ1) is 8.45. The van der Waals surface area contributed by atoms with Gasteiger partial charge in [0.15, 0.2) is 5.75 Å². The Balaban J connectivity index is 2.36. The maximum Gasteiger partial charge on any atom is 0.222 e. The van der Waals surface area contributed by atoms with Gasteiger partial charge < -0.3 is 10.5 Å². The van der Waals surface area contributed by atoms with Gasteiger partial charge >= 0.3 is 0 Å². The van der Waals surface area contributed by atoms with E-state index >= 15 is 0 Å². The fourth-order valence-electron chi connectivity index (χ4n) is 1.48. The van der Waals surface area contributed by atoms with Crippen LogP contribution in [0.4, 0.5) is 5.69 Å². The zero-order valence-corrected chi connectivity index (χ0v) is 11.4. The predicted molar refractivity (Wildman–Crippen MR) is 72.5 cm³/mol. The highest BCUT2D eigenvalue weighted by molar-refractivity contribution is 6.42. The minimum Gasteiger partial charge on any atom is -0.437 e. The van der Waals surface area contributed by atoms with Crippen molar-refractivity contribution < 1.29 is 4.74 Å². The second kappa shape index (κ2) is 5.00. The van der Waals surface area contributed by atoms with E-state index in [9.17, 15) is 0 Å². The second-order valence-corrected chi connectivity index (χ2v) is 4.62. The first kappa shape index (κ1) is 12.9. The molecule has 0 saturated heterocycles. The molecule has 18 heavy (non-hydrogen) atoms. The van der Waals surface area contributed by atoms with Gasteiger partial charge in [0.1, 0.15) is 5.82 Å². The van der Waals surface area contributed by atoms with Crippen molar-refractivity contribution in [1.29, 1.82) is 0 Å². The smallest absolute Gasteiger partial charge is 0.222 e. The van der Waals surface area contributed by atoms with Crippen molar-refractivity contribution in [3.8, 4) is 11.6 Å². The van der Waals surface area contributed by atoms with Crippen molar-refractivity contribution in [3.05, 3.63) is 39.8 Å². The van der Waals surface area contributed by atoms with Crippen LogP contribution in [0.2, 0.25) is 10.0 Å². The molecule has 1 aromatic heterocycles. The highest BCUT2D eigenvalue weighted by Gasteiger charge is 2.09. The van der Waals surface area contributed by atoms with E-state index in [1.807, 2.05) is 6.92 Å². The quantitative estimate of drug-likeness (QED) is 0.852. The van der Waals surface area contributed by atoms with Crippen LogP contribution < -0.4 is 10.5 Å². The van der Waals surface area contributed by atoms with E-state index in [2.05, 4.69) is 9.97 Å². The molecular weight excluding hydrogens is 273 g/mol. The minimum atomic E-state index is 0.378. The summed E-state index contributed by atoms with van der Waals surface area (Å²) in [5.74, 6) is 1.47. The zero-order valence-electron chi connectivity index (χ0n) is 9.87. The fraction of sp³-hybridized carbons (Fsp3) is 0.167. The summed E-state index contributed by atoms with van der Waals surface area (Å²) in [7, 11) is 0. The van der Waals surface area contributed by atoms with Crippen LogP contribution in [-0.2, 0) is 0 Å². The molecule has 0 fully saturated rings. The van der Waals surface area contributed by atoms with Gasteiger partial charge in [-0.1, -0.05) is 23.2 Å². The lowest BCUT2D eigenvalue weighted by molar-refractivity contribution is 0.461. The summed E-state index contributed by atoms with van der Waals surface area (Å²) in [6, 6.07) is 4.82. The molecule has 0 aliphatic heterocycles. The number of benzene rings is 1. The number of hydrogen-bond acceptors (Lipinski definition) is 4. The van der Waals surface area contributed by atoms with E-state index < -0.39 is 0 Å². The van der Waals surface area contributed by atoms with Crippen LogP contribution in [0.3, 0.4) is 0 Å². The minimum absolute atomic E-state index is 0.378. The molecule has 0 radical (unpaired) electrons. The molecule has 2 N–H and O–H groups in total. The third-order valence-corrected chi connectivity index (χ3v) is 2.93. The van der Waals surface area contributed by atoms with Gasteiger partial charge in [0, 0.05) is 17.8 Å². The van der Waals surface area contributed by atoms with E-state index in [1.165, 1.54) is 0 Å². The molecule has 0 aliphatic carbocycles. The van der Waals surface area contributed by atoms with Crippen LogP contribution in [0.15, 0.2) is 18.2 Å². The monoisotopic (exact) mass is 283 g/mol. The molecule has 2 rings (SSSR count). The molecule has 0 unspecified atom stereocenters. The average molecular weight is 284 g/mol. The van der Waals surface area contributed by atoms with Crippen molar-refractivity contribution in [2.75, 3.05) is 5.73 Å². The number of rotatable bonds is 2.